The Balaban J connectivity index is 2.18. The standard InChI is InChI=1S/C16H22/c1-2-15-11-7-4-8-12-16(15)13-14-9-5-3-6-10-14/h3,5-6,9-10,13,15H,2,4,7-8,11-12H2,1H3/b16-13-/t15-/m0/s1. The second-order valence-electron chi connectivity index (χ2n) is 4.83. The van der Waals surface area contributed by atoms with Crippen molar-refractivity contribution in [3.05, 3.63) is 41.5 Å². The normalized spacial score (nSPS) is 24.3. The summed E-state index contributed by atoms with van der Waals surface area (Å²) < 4.78 is 0. The number of hydrogen-bond donors (Lipinski definition) is 0. The fourth-order valence-electron chi connectivity index (χ4n) is 2.71. The van der Waals surface area contributed by atoms with Gasteiger partial charge in [-0.15, -0.1) is 0 Å². The van der Waals surface area contributed by atoms with E-state index in [1.165, 1.54) is 44.1 Å². The first-order chi connectivity index (χ1) is 7.90. The molecule has 2 rings (SSSR count). The van der Waals surface area contributed by atoms with Gasteiger partial charge >= 0.3 is 0 Å². The van der Waals surface area contributed by atoms with Gasteiger partial charge in [0.15, 0.2) is 0 Å². The quantitative estimate of drug-likeness (QED) is 0.604. The Morgan fingerprint density at radius 3 is 2.69 bits per heavy atom. The minimum atomic E-state index is 0.836. The zero-order chi connectivity index (χ0) is 11.2. The molecule has 1 fully saturated rings. The van der Waals surface area contributed by atoms with E-state index in [1.54, 1.807) is 5.57 Å². The van der Waals surface area contributed by atoms with E-state index >= 15 is 0 Å². The van der Waals surface area contributed by atoms with Crippen LogP contribution >= 0.6 is 0 Å². The summed E-state index contributed by atoms with van der Waals surface area (Å²) in [5.74, 6) is 0.836. The molecule has 0 heteroatoms. The van der Waals surface area contributed by atoms with Crippen LogP contribution in [0.5, 0.6) is 0 Å². The molecule has 16 heavy (non-hydrogen) atoms. The lowest BCUT2D eigenvalue weighted by Gasteiger charge is -2.15. The molecule has 0 unspecified atom stereocenters. The third-order valence-corrected chi connectivity index (χ3v) is 3.69. The molecule has 0 heterocycles. The molecule has 0 aromatic heterocycles. The fraction of sp³-hybridized carbons (Fsp3) is 0.500. The van der Waals surface area contributed by atoms with Crippen LogP contribution in [0.4, 0.5) is 0 Å². The smallest absolute Gasteiger partial charge is 0.0203 e. The highest BCUT2D eigenvalue weighted by Gasteiger charge is 2.15. The molecule has 0 amide bonds. The maximum absolute atomic E-state index is 2.43. The SMILES string of the molecule is CC[C@H]1CCCCC/C1=C/c1ccccc1. The van der Waals surface area contributed by atoms with Gasteiger partial charge < -0.3 is 0 Å². The van der Waals surface area contributed by atoms with Crippen LogP contribution < -0.4 is 0 Å². The van der Waals surface area contributed by atoms with Crippen molar-refractivity contribution in [1.82, 2.24) is 0 Å². The first kappa shape index (κ1) is 11.4. The lowest BCUT2D eigenvalue weighted by atomic mass is 9.90. The summed E-state index contributed by atoms with van der Waals surface area (Å²) in [6.45, 7) is 2.33. The highest BCUT2D eigenvalue weighted by molar-refractivity contribution is 5.53. The average molecular weight is 214 g/mol. The largest absolute Gasteiger partial charge is 0.0665 e. The molecule has 1 aromatic carbocycles. The number of rotatable bonds is 2. The molecule has 0 nitrogen and oxygen atoms in total. The highest BCUT2D eigenvalue weighted by Crippen LogP contribution is 2.31. The molecule has 0 N–H and O–H groups in total. The number of benzene rings is 1. The maximum atomic E-state index is 2.43. The van der Waals surface area contributed by atoms with Crippen LogP contribution in [-0.2, 0) is 0 Å². The maximum Gasteiger partial charge on any atom is -0.0203 e. The van der Waals surface area contributed by atoms with Crippen LogP contribution in [0, 0.1) is 5.92 Å². The molecule has 0 aliphatic heterocycles. The fourth-order valence-corrected chi connectivity index (χ4v) is 2.71. The number of hydrogen-bond acceptors (Lipinski definition) is 0. The van der Waals surface area contributed by atoms with Gasteiger partial charge in [0.2, 0.25) is 0 Å². The van der Waals surface area contributed by atoms with Crippen molar-refractivity contribution in [1.29, 1.82) is 0 Å². The Labute approximate surface area is 99.4 Å². The van der Waals surface area contributed by atoms with E-state index in [4.69, 9.17) is 0 Å². The second kappa shape index (κ2) is 5.89. The Bertz CT molecular complexity index is 334. The van der Waals surface area contributed by atoms with Gasteiger partial charge in [-0.25, -0.2) is 0 Å². The van der Waals surface area contributed by atoms with Gasteiger partial charge in [-0.2, -0.15) is 0 Å². The summed E-state index contributed by atoms with van der Waals surface area (Å²) >= 11 is 0. The Kier molecular flexibility index (Phi) is 4.21. The predicted octanol–water partition coefficient (Wildman–Crippen LogP) is 5.06. The minimum absolute atomic E-state index is 0.836. The topological polar surface area (TPSA) is 0 Å². The van der Waals surface area contributed by atoms with Gasteiger partial charge in [0.25, 0.3) is 0 Å². The summed E-state index contributed by atoms with van der Waals surface area (Å²) in [6.07, 6.45) is 10.7. The first-order valence-corrected chi connectivity index (χ1v) is 6.65. The molecule has 1 saturated carbocycles. The van der Waals surface area contributed by atoms with Crippen LogP contribution in [0.1, 0.15) is 51.0 Å². The zero-order valence-corrected chi connectivity index (χ0v) is 10.3. The molecule has 1 atom stereocenters. The zero-order valence-electron chi connectivity index (χ0n) is 10.3. The van der Waals surface area contributed by atoms with Crippen molar-refractivity contribution in [2.24, 2.45) is 5.92 Å². The summed E-state index contributed by atoms with van der Waals surface area (Å²) in [5.41, 5.74) is 3.06. The van der Waals surface area contributed by atoms with Crippen molar-refractivity contribution < 1.29 is 0 Å². The highest BCUT2D eigenvalue weighted by atomic mass is 14.2. The van der Waals surface area contributed by atoms with E-state index in [0.29, 0.717) is 0 Å². The van der Waals surface area contributed by atoms with E-state index < -0.39 is 0 Å². The van der Waals surface area contributed by atoms with Crippen molar-refractivity contribution in [3.63, 3.8) is 0 Å². The monoisotopic (exact) mass is 214 g/mol. The molecular formula is C16H22. The summed E-state index contributed by atoms with van der Waals surface area (Å²) in [7, 11) is 0. The van der Waals surface area contributed by atoms with Crippen LogP contribution in [0.25, 0.3) is 6.08 Å². The van der Waals surface area contributed by atoms with Crippen LogP contribution in [-0.4, -0.2) is 0 Å². The molecule has 0 spiro atoms. The van der Waals surface area contributed by atoms with Crippen molar-refractivity contribution >= 4 is 6.08 Å². The Hall–Kier alpha value is -1.04. The third-order valence-electron chi connectivity index (χ3n) is 3.69. The van der Waals surface area contributed by atoms with Gasteiger partial charge in [-0.1, -0.05) is 61.7 Å². The molecule has 86 valence electrons. The van der Waals surface area contributed by atoms with Gasteiger partial charge in [-0.05, 0) is 37.2 Å². The molecule has 0 radical (unpaired) electrons. The van der Waals surface area contributed by atoms with Crippen LogP contribution in [0.3, 0.4) is 0 Å². The van der Waals surface area contributed by atoms with Crippen LogP contribution in [0.15, 0.2) is 35.9 Å². The van der Waals surface area contributed by atoms with Gasteiger partial charge in [-0.3, -0.25) is 0 Å². The summed E-state index contributed by atoms with van der Waals surface area (Å²) in [6, 6.07) is 10.8. The average Bonchev–Trinajstić information content (AvgIpc) is 2.55. The second-order valence-corrected chi connectivity index (χ2v) is 4.83. The molecule has 0 saturated heterocycles. The van der Waals surface area contributed by atoms with Crippen LogP contribution in [0.2, 0.25) is 0 Å². The molecule has 0 bridgehead atoms. The van der Waals surface area contributed by atoms with E-state index in [-0.39, 0.29) is 0 Å². The van der Waals surface area contributed by atoms with E-state index in [1.807, 2.05) is 0 Å². The molecule has 1 aromatic rings. The Morgan fingerprint density at radius 1 is 1.12 bits per heavy atom. The minimum Gasteiger partial charge on any atom is -0.0665 e. The first-order valence-electron chi connectivity index (χ1n) is 6.65. The Morgan fingerprint density at radius 2 is 1.94 bits per heavy atom. The van der Waals surface area contributed by atoms with Crippen molar-refractivity contribution in [3.8, 4) is 0 Å². The lowest BCUT2D eigenvalue weighted by Crippen LogP contribution is -2.00. The van der Waals surface area contributed by atoms with Crippen molar-refractivity contribution in [2.45, 2.75) is 45.4 Å². The van der Waals surface area contributed by atoms with Gasteiger partial charge in [0, 0.05) is 0 Å². The van der Waals surface area contributed by atoms with E-state index in [2.05, 4.69) is 43.3 Å². The van der Waals surface area contributed by atoms with Gasteiger partial charge in [0.1, 0.15) is 0 Å². The number of allylic oxidation sites excluding steroid dienone is 1. The predicted molar refractivity (Wildman–Crippen MR) is 71.3 cm³/mol. The summed E-state index contributed by atoms with van der Waals surface area (Å²) in [4.78, 5) is 0. The molecule has 1 aliphatic rings. The van der Waals surface area contributed by atoms with E-state index in [0.717, 1.165) is 5.92 Å². The van der Waals surface area contributed by atoms with Gasteiger partial charge in [0.05, 0.1) is 0 Å². The molecular weight excluding hydrogens is 192 g/mol. The lowest BCUT2D eigenvalue weighted by molar-refractivity contribution is 0.535. The molecule has 1 aliphatic carbocycles. The van der Waals surface area contributed by atoms with E-state index in [9.17, 15) is 0 Å². The van der Waals surface area contributed by atoms with Crippen molar-refractivity contribution in [2.75, 3.05) is 0 Å². The third kappa shape index (κ3) is 2.98. The summed E-state index contributed by atoms with van der Waals surface area (Å²) in [5, 5.41) is 0.